The number of nitrogens with one attached hydrogen (secondary N) is 1. The highest BCUT2D eigenvalue weighted by atomic mass is 16.5. The fourth-order valence-electron chi connectivity index (χ4n) is 3.32. The number of nitrogens with zero attached hydrogens (tertiary/aromatic N) is 3. The molecule has 4 aromatic rings. The van der Waals surface area contributed by atoms with E-state index >= 15 is 0 Å². The Hall–Kier alpha value is -3.93. The summed E-state index contributed by atoms with van der Waals surface area (Å²) in [6.45, 7) is 6.13. The van der Waals surface area contributed by atoms with Crippen LogP contribution in [0.15, 0.2) is 66.7 Å². The maximum atomic E-state index is 13.0. The molecule has 6 heteroatoms. The number of aryl methyl sites for hydroxylation is 2. The van der Waals surface area contributed by atoms with Gasteiger partial charge in [0.1, 0.15) is 5.75 Å². The Morgan fingerprint density at radius 2 is 1.71 bits per heavy atom. The second-order valence-corrected chi connectivity index (χ2v) is 7.44. The monoisotopic (exact) mass is 412 g/mol. The van der Waals surface area contributed by atoms with Crippen molar-refractivity contribution >= 4 is 11.6 Å². The highest BCUT2D eigenvalue weighted by Gasteiger charge is 2.20. The molecule has 0 aliphatic heterocycles. The molecule has 31 heavy (non-hydrogen) atoms. The van der Waals surface area contributed by atoms with Crippen LogP contribution in [0.5, 0.6) is 5.75 Å². The molecule has 0 bridgehead atoms. The van der Waals surface area contributed by atoms with Crippen molar-refractivity contribution in [2.24, 2.45) is 0 Å². The SMILES string of the molecule is COc1cccc(NC(=O)c2nc(-c3ccc(C)cc3)n(-c3cccc(C)c3C)n2)c1. The number of amides is 1. The van der Waals surface area contributed by atoms with Crippen molar-refractivity contribution in [3.63, 3.8) is 0 Å². The van der Waals surface area contributed by atoms with E-state index in [1.165, 1.54) is 0 Å². The predicted octanol–water partition coefficient (Wildman–Crippen LogP) is 5.12. The second-order valence-electron chi connectivity index (χ2n) is 7.44. The molecule has 0 atom stereocenters. The van der Waals surface area contributed by atoms with Gasteiger partial charge in [0.05, 0.1) is 12.8 Å². The van der Waals surface area contributed by atoms with Crippen LogP contribution in [-0.2, 0) is 0 Å². The molecule has 1 aromatic heterocycles. The third-order valence-corrected chi connectivity index (χ3v) is 5.25. The minimum atomic E-state index is -0.384. The van der Waals surface area contributed by atoms with Gasteiger partial charge in [0, 0.05) is 17.3 Å². The number of hydrogen-bond acceptors (Lipinski definition) is 4. The predicted molar refractivity (Wildman–Crippen MR) is 122 cm³/mol. The minimum Gasteiger partial charge on any atom is -0.497 e. The van der Waals surface area contributed by atoms with Crippen LogP contribution in [0.3, 0.4) is 0 Å². The summed E-state index contributed by atoms with van der Waals surface area (Å²) in [5, 5.41) is 7.44. The maximum absolute atomic E-state index is 13.0. The van der Waals surface area contributed by atoms with Crippen molar-refractivity contribution in [3.8, 4) is 22.8 Å². The molecule has 1 amide bonds. The molecule has 0 aliphatic carbocycles. The van der Waals surface area contributed by atoms with E-state index in [0.29, 0.717) is 17.3 Å². The summed E-state index contributed by atoms with van der Waals surface area (Å²) >= 11 is 0. The van der Waals surface area contributed by atoms with Gasteiger partial charge in [-0.05, 0) is 50.1 Å². The molecule has 3 aromatic carbocycles. The lowest BCUT2D eigenvalue weighted by molar-refractivity contribution is 0.101. The molecule has 0 saturated carbocycles. The average molecular weight is 412 g/mol. The van der Waals surface area contributed by atoms with E-state index in [9.17, 15) is 4.79 Å². The minimum absolute atomic E-state index is 0.0966. The van der Waals surface area contributed by atoms with Crippen molar-refractivity contribution < 1.29 is 9.53 Å². The van der Waals surface area contributed by atoms with Gasteiger partial charge in [0.25, 0.3) is 5.91 Å². The molecule has 0 saturated heterocycles. The van der Waals surface area contributed by atoms with Crippen LogP contribution >= 0.6 is 0 Å². The lowest BCUT2D eigenvalue weighted by Crippen LogP contribution is -2.14. The summed E-state index contributed by atoms with van der Waals surface area (Å²) in [5.41, 5.74) is 5.77. The average Bonchev–Trinajstić information content (AvgIpc) is 3.21. The number of methoxy groups -OCH3 is 1. The number of carbonyl (C=O) groups is 1. The number of carbonyl (C=O) groups excluding carboxylic acids is 1. The molecule has 0 fully saturated rings. The highest BCUT2D eigenvalue weighted by molar-refractivity contribution is 6.02. The first-order valence-corrected chi connectivity index (χ1v) is 10.0. The summed E-state index contributed by atoms with van der Waals surface area (Å²) in [6.07, 6.45) is 0. The molecule has 0 unspecified atom stereocenters. The van der Waals surface area contributed by atoms with E-state index in [4.69, 9.17) is 4.74 Å². The van der Waals surface area contributed by atoms with E-state index in [0.717, 1.165) is 27.9 Å². The lowest BCUT2D eigenvalue weighted by atomic mass is 10.1. The molecule has 1 heterocycles. The first-order valence-electron chi connectivity index (χ1n) is 10.0. The van der Waals surface area contributed by atoms with Gasteiger partial charge in [-0.1, -0.05) is 48.0 Å². The fraction of sp³-hybridized carbons (Fsp3) is 0.160. The quantitative estimate of drug-likeness (QED) is 0.494. The zero-order valence-electron chi connectivity index (χ0n) is 18.0. The Kier molecular flexibility index (Phi) is 5.54. The van der Waals surface area contributed by atoms with Crippen LogP contribution in [0.1, 0.15) is 27.3 Å². The van der Waals surface area contributed by atoms with Crippen LogP contribution < -0.4 is 10.1 Å². The topological polar surface area (TPSA) is 69.0 Å². The number of rotatable bonds is 5. The molecular weight excluding hydrogens is 388 g/mol. The van der Waals surface area contributed by atoms with Gasteiger partial charge in [-0.25, -0.2) is 9.67 Å². The number of aromatic nitrogens is 3. The normalized spacial score (nSPS) is 10.7. The second kappa shape index (κ2) is 8.44. The number of benzene rings is 3. The van der Waals surface area contributed by atoms with Crippen molar-refractivity contribution in [1.82, 2.24) is 14.8 Å². The van der Waals surface area contributed by atoms with E-state index in [1.807, 2.05) is 62.4 Å². The molecule has 0 radical (unpaired) electrons. The van der Waals surface area contributed by atoms with Crippen LogP contribution in [0.4, 0.5) is 5.69 Å². The standard InChI is InChI=1S/C25H24N4O2/c1-16-11-13-19(14-12-16)24-27-23(25(30)26-20-8-6-9-21(15-20)31-4)28-29(24)22-10-5-7-17(2)18(22)3/h5-15H,1-4H3,(H,26,30). The molecular formula is C25H24N4O2. The Bertz CT molecular complexity index is 1240. The zero-order valence-corrected chi connectivity index (χ0v) is 18.0. The Morgan fingerprint density at radius 3 is 2.45 bits per heavy atom. The summed E-state index contributed by atoms with van der Waals surface area (Å²) < 4.78 is 6.97. The summed E-state index contributed by atoms with van der Waals surface area (Å²) in [5.74, 6) is 0.987. The van der Waals surface area contributed by atoms with Crippen LogP contribution in [0, 0.1) is 20.8 Å². The van der Waals surface area contributed by atoms with Crippen LogP contribution in [-0.4, -0.2) is 27.8 Å². The molecule has 6 nitrogen and oxygen atoms in total. The lowest BCUT2D eigenvalue weighted by Gasteiger charge is -2.11. The smallest absolute Gasteiger partial charge is 0.295 e. The molecule has 156 valence electrons. The first-order chi connectivity index (χ1) is 15.0. The van der Waals surface area contributed by atoms with Crippen molar-refractivity contribution in [3.05, 3.63) is 89.2 Å². The molecule has 4 rings (SSSR count). The van der Waals surface area contributed by atoms with E-state index in [2.05, 4.69) is 28.4 Å². The largest absolute Gasteiger partial charge is 0.497 e. The fourth-order valence-corrected chi connectivity index (χ4v) is 3.32. The Labute approximate surface area is 181 Å². The third kappa shape index (κ3) is 4.19. The maximum Gasteiger partial charge on any atom is 0.295 e. The zero-order chi connectivity index (χ0) is 22.0. The van der Waals surface area contributed by atoms with Crippen LogP contribution in [0.25, 0.3) is 17.1 Å². The number of hydrogen-bond donors (Lipinski definition) is 1. The highest BCUT2D eigenvalue weighted by Crippen LogP contribution is 2.25. The first kappa shape index (κ1) is 20.3. The summed E-state index contributed by atoms with van der Waals surface area (Å²) in [4.78, 5) is 17.6. The summed E-state index contributed by atoms with van der Waals surface area (Å²) in [6, 6.07) is 21.2. The van der Waals surface area contributed by atoms with Gasteiger partial charge in [0.2, 0.25) is 5.82 Å². The summed E-state index contributed by atoms with van der Waals surface area (Å²) in [7, 11) is 1.59. The Morgan fingerprint density at radius 1 is 0.968 bits per heavy atom. The Balaban J connectivity index is 1.78. The van der Waals surface area contributed by atoms with Crippen molar-refractivity contribution in [1.29, 1.82) is 0 Å². The van der Waals surface area contributed by atoms with E-state index in [1.54, 1.807) is 23.9 Å². The van der Waals surface area contributed by atoms with Crippen molar-refractivity contribution in [2.45, 2.75) is 20.8 Å². The molecule has 0 spiro atoms. The number of anilines is 1. The van der Waals surface area contributed by atoms with E-state index < -0.39 is 0 Å². The molecule has 1 N–H and O–H groups in total. The molecule has 0 aliphatic rings. The van der Waals surface area contributed by atoms with Crippen LogP contribution in [0.2, 0.25) is 0 Å². The van der Waals surface area contributed by atoms with E-state index in [-0.39, 0.29) is 11.7 Å². The van der Waals surface area contributed by atoms with Gasteiger partial charge >= 0.3 is 0 Å². The van der Waals surface area contributed by atoms with Gasteiger partial charge in [0.15, 0.2) is 5.82 Å². The van der Waals surface area contributed by atoms with Crippen molar-refractivity contribution in [2.75, 3.05) is 12.4 Å². The van der Waals surface area contributed by atoms with Gasteiger partial charge in [-0.3, -0.25) is 4.79 Å². The van der Waals surface area contributed by atoms with Gasteiger partial charge in [-0.2, -0.15) is 0 Å². The van der Waals surface area contributed by atoms with Gasteiger partial charge in [-0.15, -0.1) is 5.10 Å². The number of ether oxygens (including phenoxy) is 1. The van der Waals surface area contributed by atoms with Gasteiger partial charge < -0.3 is 10.1 Å². The third-order valence-electron chi connectivity index (χ3n) is 5.25.